The number of H-pyrrole nitrogens is 1. The number of aryl methyl sites for hydroxylation is 2. The van der Waals surface area contributed by atoms with Crippen molar-refractivity contribution in [3.63, 3.8) is 0 Å². The Kier molecular flexibility index (Phi) is 6.60. The molecular formula is C24H27ClFN5O3. The summed E-state index contributed by atoms with van der Waals surface area (Å²) in [5.74, 6) is -0.465. The minimum Gasteiger partial charge on any atom is -0.372 e. The lowest BCUT2D eigenvalue weighted by molar-refractivity contribution is -0.0586. The van der Waals surface area contributed by atoms with Crippen molar-refractivity contribution >= 4 is 34.2 Å². The summed E-state index contributed by atoms with van der Waals surface area (Å²) in [5, 5.41) is 3.86. The van der Waals surface area contributed by atoms with Gasteiger partial charge in [-0.25, -0.2) is 14.4 Å². The van der Waals surface area contributed by atoms with Crippen LogP contribution in [-0.2, 0) is 4.74 Å². The van der Waals surface area contributed by atoms with Crippen molar-refractivity contribution in [2.75, 3.05) is 18.4 Å². The largest absolute Gasteiger partial charge is 0.372 e. The fourth-order valence-electron chi connectivity index (χ4n) is 4.58. The Bertz CT molecular complexity index is 1320. The topological polar surface area (TPSA) is 100 Å². The average Bonchev–Trinajstić information content (AvgIpc) is 2.73. The molecule has 1 amide bonds. The Balaban J connectivity index is 1.59. The molecule has 34 heavy (non-hydrogen) atoms. The Hall–Kier alpha value is -3.04. The van der Waals surface area contributed by atoms with Crippen LogP contribution in [0.4, 0.5) is 10.2 Å². The van der Waals surface area contributed by atoms with Gasteiger partial charge in [-0.1, -0.05) is 11.6 Å². The Morgan fingerprint density at radius 1 is 1.29 bits per heavy atom. The van der Waals surface area contributed by atoms with E-state index in [0.29, 0.717) is 46.0 Å². The summed E-state index contributed by atoms with van der Waals surface area (Å²) in [7, 11) is 0. The fourth-order valence-corrected chi connectivity index (χ4v) is 4.99. The molecule has 0 radical (unpaired) electrons. The monoisotopic (exact) mass is 487 g/mol. The number of morpholine rings is 1. The van der Waals surface area contributed by atoms with Gasteiger partial charge in [0.05, 0.1) is 34.7 Å². The van der Waals surface area contributed by atoms with E-state index in [2.05, 4.69) is 20.3 Å². The molecule has 1 aromatic carbocycles. The maximum Gasteiger partial charge on any atom is 0.259 e. The number of amides is 1. The zero-order valence-corrected chi connectivity index (χ0v) is 20.5. The van der Waals surface area contributed by atoms with Crippen molar-refractivity contribution in [3.05, 3.63) is 62.0 Å². The number of ether oxygens (including phenoxy) is 1. The van der Waals surface area contributed by atoms with Gasteiger partial charge in [0.25, 0.3) is 11.5 Å². The van der Waals surface area contributed by atoms with Crippen LogP contribution in [0.2, 0.25) is 5.02 Å². The number of nitrogens with one attached hydrogen (secondary N) is 2. The highest BCUT2D eigenvalue weighted by molar-refractivity contribution is 6.32. The van der Waals surface area contributed by atoms with E-state index in [9.17, 15) is 14.0 Å². The molecule has 10 heteroatoms. The molecule has 0 saturated carbocycles. The van der Waals surface area contributed by atoms with E-state index in [1.54, 1.807) is 31.7 Å². The first-order valence-corrected chi connectivity index (χ1v) is 11.5. The molecule has 3 unspecified atom stereocenters. The highest BCUT2D eigenvalue weighted by Crippen LogP contribution is 2.33. The maximum atomic E-state index is 15.0. The molecule has 180 valence electrons. The van der Waals surface area contributed by atoms with Crippen molar-refractivity contribution in [3.8, 4) is 0 Å². The maximum absolute atomic E-state index is 15.0. The lowest BCUT2D eigenvalue weighted by atomic mass is 9.98. The molecule has 1 aliphatic heterocycles. The van der Waals surface area contributed by atoms with Gasteiger partial charge in [0.15, 0.2) is 11.6 Å². The number of fused-ring (bicyclic) bond motifs is 1. The first-order valence-electron chi connectivity index (χ1n) is 11.1. The molecule has 1 fully saturated rings. The number of carbonyl (C=O) groups is 1. The smallest absolute Gasteiger partial charge is 0.259 e. The second-order valence-electron chi connectivity index (χ2n) is 8.83. The van der Waals surface area contributed by atoms with Crippen molar-refractivity contribution in [2.45, 2.75) is 52.9 Å². The van der Waals surface area contributed by atoms with Crippen LogP contribution in [-0.4, -0.2) is 51.1 Å². The van der Waals surface area contributed by atoms with Gasteiger partial charge in [0, 0.05) is 24.3 Å². The number of carbonyl (C=O) groups excluding carboxylic acids is 1. The number of aromatic nitrogens is 3. The summed E-state index contributed by atoms with van der Waals surface area (Å²) in [6.45, 7) is 9.95. The predicted octanol–water partition coefficient (Wildman–Crippen LogP) is 4.15. The molecule has 0 bridgehead atoms. The highest BCUT2D eigenvalue weighted by atomic mass is 35.5. The fraction of sp³-hybridized carbons (Fsp3) is 0.417. The number of anilines is 1. The van der Waals surface area contributed by atoms with Crippen molar-refractivity contribution in [2.24, 2.45) is 0 Å². The molecule has 0 spiro atoms. The van der Waals surface area contributed by atoms with Gasteiger partial charge in [-0.2, -0.15) is 0 Å². The number of halogens is 2. The number of hydrogen-bond acceptors (Lipinski definition) is 6. The Labute approximate surface area is 201 Å². The summed E-state index contributed by atoms with van der Waals surface area (Å²) in [6.07, 6.45) is 1.18. The molecule has 1 saturated heterocycles. The second kappa shape index (κ2) is 9.31. The van der Waals surface area contributed by atoms with Gasteiger partial charge in [0.1, 0.15) is 5.82 Å². The molecule has 2 N–H and O–H groups in total. The molecule has 4 rings (SSSR count). The van der Waals surface area contributed by atoms with E-state index in [1.807, 2.05) is 13.8 Å². The number of pyridine rings is 1. The van der Waals surface area contributed by atoms with Crippen molar-refractivity contribution < 1.29 is 13.9 Å². The molecule has 3 heterocycles. The number of aromatic amines is 1. The van der Waals surface area contributed by atoms with E-state index in [1.165, 1.54) is 12.3 Å². The molecular weight excluding hydrogens is 461 g/mol. The quantitative estimate of drug-likeness (QED) is 0.573. The highest BCUT2D eigenvalue weighted by Gasteiger charge is 2.27. The van der Waals surface area contributed by atoms with Gasteiger partial charge in [-0.05, 0) is 57.9 Å². The van der Waals surface area contributed by atoms with Crippen molar-refractivity contribution in [1.29, 1.82) is 0 Å². The van der Waals surface area contributed by atoms with E-state index >= 15 is 0 Å². The number of hydrogen-bond donors (Lipinski definition) is 2. The minimum absolute atomic E-state index is 0.0146. The molecule has 3 aromatic rings. The van der Waals surface area contributed by atoms with Crippen LogP contribution in [0.1, 0.15) is 54.1 Å². The average molecular weight is 488 g/mol. The molecule has 0 aliphatic carbocycles. The third kappa shape index (κ3) is 4.63. The van der Waals surface area contributed by atoms with Crippen LogP contribution in [0.25, 0.3) is 10.9 Å². The second-order valence-corrected chi connectivity index (χ2v) is 9.24. The summed E-state index contributed by atoms with van der Waals surface area (Å²) >= 11 is 6.52. The summed E-state index contributed by atoms with van der Waals surface area (Å²) in [6, 6.07) is 2.35. The number of rotatable bonds is 4. The molecule has 8 nitrogen and oxygen atoms in total. The Morgan fingerprint density at radius 3 is 2.62 bits per heavy atom. The standard InChI is InChI=1S/C24H27ClFN5O3/c1-11-9-31(10-12(2)34-11)24(33)16-6-18(26)22(27-8-16)28-14(4)20-13(3)21-19(7-17(20)25)29-15(5)30-23(21)32/h6-8,11-12,14H,9-10H2,1-5H3,(H,27,28)(H,29,30,32). The zero-order valence-electron chi connectivity index (χ0n) is 19.7. The third-order valence-corrected chi connectivity index (χ3v) is 6.26. The normalized spacial score (nSPS) is 19.3. The van der Waals surface area contributed by atoms with Crippen LogP contribution >= 0.6 is 11.6 Å². The predicted molar refractivity (Wildman–Crippen MR) is 129 cm³/mol. The van der Waals surface area contributed by atoms with Crippen LogP contribution < -0.4 is 10.9 Å². The summed E-state index contributed by atoms with van der Waals surface area (Å²) < 4.78 is 20.6. The van der Waals surface area contributed by atoms with E-state index in [-0.39, 0.29) is 35.1 Å². The van der Waals surface area contributed by atoms with Gasteiger partial charge in [0.2, 0.25) is 0 Å². The third-order valence-electron chi connectivity index (χ3n) is 5.95. The first-order chi connectivity index (χ1) is 16.0. The van der Waals surface area contributed by atoms with Gasteiger partial charge < -0.3 is 19.9 Å². The van der Waals surface area contributed by atoms with Gasteiger partial charge in [-0.3, -0.25) is 9.59 Å². The van der Waals surface area contributed by atoms with Crippen LogP contribution in [0, 0.1) is 19.7 Å². The molecule has 2 aromatic heterocycles. The first kappa shape index (κ1) is 24.1. The molecule has 1 aliphatic rings. The minimum atomic E-state index is -0.656. The lowest BCUT2D eigenvalue weighted by Gasteiger charge is -2.35. The zero-order chi connectivity index (χ0) is 24.7. The van der Waals surface area contributed by atoms with Gasteiger partial charge in [-0.15, -0.1) is 0 Å². The SMILES string of the molecule is Cc1nc2cc(Cl)c(C(C)Nc3ncc(C(=O)N4CC(C)OC(C)C4)cc3F)c(C)c2c(=O)[nH]1. The van der Waals surface area contributed by atoms with Crippen LogP contribution in [0.3, 0.4) is 0 Å². The molecule has 3 atom stereocenters. The van der Waals surface area contributed by atoms with Crippen LogP contribution in [0.15, 0.2) is 23.1 Å². The number of nitrogens with zero attached hydrogens (tertiary/aromatic N) is 3. The van der Waals surface area contributed by atoms with E-state index in [0.717, 1.165) is 0 Å². The van der Waals surface area contributed by atoms with E-state index in [4.69, 9.17) is 16.3 Å². The summed E-state index contributed by atoms with van der Waals surface area (Å²) in [4.78, 5) is 38.2. The lowest BCUT2D eigenvalue weighted by Crippen LogP contribution is -2.48. The Morgan fingerprint density at radius 2 is 1.97 bits per heavy atom. The number of benzene rings is 1. The van der Waals surface area contributed by atoms with Crippen molar-refractivity contribution in [1.82, 2.24) is 19.9 Å². The van der Waals surface area contributed by atoms with Gasteiger partial charge >= 0.3 is 0 Å². The van der Waals surface area contributed by atoms with Crippen LogP contribution in [0.5, 0.6) is 0 Å². The van der Waals surface area contributed by atoms with E-state index < -0.39 is 11.9 Å². The summed E-state index contributed by atoms with van der Waals surface area (Å²) in [5.41, 5.74) is 1.70.